The largest absolute Gasteiger partial charge is 0.370 e. The van der Waals surface area contributed by atoms with E-state index in [1.165, 1.54) is 41.9 Å². The Kier molecular flexibility index (Phi) is 4.97. The molecule has 0 bridgehead atoms. The van der Waals surface area contributed by atoms with E-state index in [1.54, 1.807) is 0 Å². The number of piperidine rings is 1. The van der Waals surface area contributed by atoms with Gasteiger partial charge in [0, 0.05) is 36.3 Å². The molecule has 6 nitrogen and oxygen atoms in total. The van der Waals surface area contributed by atoms with Crippen LogP contribution in [-0.4, -0.2) is 39.8 Å². The number of rotatable bonds is 5. The highest BCUT2D eigenvalue weighted by Gasteiger charge is 2.18. The van der Waals surface area contributed by atoms with Gasteiger partial charge in [-0.05, 0) is 64.1 Å². The number of anilines is 1. The van der Waals surface area contributed by atoms with Crippen molar-refractivity contribution >= 4 is 5.82 Å². The lowest BCUT2D eigenvalue weighted by Gasteiger charge is -2.22. The van der Waals surface area contributed by atoms with E-state index in [2.05, 4.69) is 36.9 Å². The van der Waals surface area contributed by atoms with Crippen LogP contribution in [0.1, 0.15) is 60.1 Å². The van der Waals surface area contributed by atoms with Crippen LogP contribution in [0.5, 0.6) is 0 Å². The molecule has 0 radical (unpaired) electrons. The summed E-state index contributed by atoms with van der Waals surface area (Å²) >= 11 is 0. The van der Waals surface area contributed by atoms with Gasteiger partial charge in [-0.15, -0.1) is 0 Å². The average molecular weight is 340 g/mol. The molecular formula is C19H28N6. The van der Waals surface area contributed by atoms with E-state index in [9.17, 15) is 0 Å². The number of H-pyrrole nitrogens is 1. The second kappa shape index (κ2) is 7.52. The lowest BCUT2D eigenvalue weighted by Crippen LogP contribution is -2.27. The van der Waals surface area contributed by atoms with Gasteiger partial charge in [0.15, 0.2) is 0 Å². The maximum absolute atomic E-state index is 4.68. The molecule has 1 aliphatic carbocycles. The van der Waals surface area contributed by atoms with Crippen LogP contribution in [0.15, 0.2) is 6.07 Å². The van der Waals surface area contributed by atoms with Gasteiger partial charge in [-0.3, -0.25) is 5.10 Å². The minimum absolute atomic E-state index is 0.557. The zero-order chi connectivity index (χ0) is 17.1. The Morgan fingerprint density at radius 1 is 1.16 bits per heavy atom. The van der Waals surface area contributed by atoms with E-state index in [-0.39, 0.29) is 0 Å². The average Bonchev–Trinajstić information content (AvgIpc) is 3.05. The highest BCUT2D eigenvalue weighted by atomic mass is 15.1. The molecule has 0 spiro atoms. The summed E-state index contributed by atoms with van der Waals surface area (Å²) in [5.74, 6) is 2.36. The first-order valence-electron chi connectivity index (χ1n) is 9.65. The molecule has 1 fully saturated rings. The predicted molar refractivity (Wildman–Crippen MR) is 99.0 cm³/mol. The molecule has 134 valence electrons. The number of aryl methyl sites for hydroxylation is 2. The van der Waals surface area contributed by atoms with Gasteiger partial charge >= 0.3 is 0 Å². The number of fused-ring (bicyclic) bond motifs is 1. The van der Waals surface area contributed by atoms with Crippen molar-refractivity contribution in [1.82, 2.24) is 25.5 Å². The van der Waals surface area contributed by atoms with Crippen molar-refractivity contribution in [2.45, 2.75) is 57.8 Å². The quantitative estimate of drug-likeness (QED) is 0.779. The zero-order valence-electron chi connectivity index (χ0n) is 15.1. The van der Waals surface area contributed by atoms with Crippen molar-refractivity contribution in [2.24, 2.45) is 0 Å². The summed E-state index contributed by atoms with van der Waals surface area (Å²) in [6.45, 7) is 5.01. The summed E-state index contributed by atoms with van der Waals surface area (Å²) < 4.78 is 0. The minimum atomic E-state index is 0.557. The number of nitrogens with one attached hydrogen (secondary N) is 3. The number of nitrogens with zero attached hydrogens (tertiary/aromatic N) is 3. The van der Waals surface area contributed by atoms with Crippen LogP contribution in [0.2, 0.25) is 0 Å². The fourth-order valence-corrected chi connectivity index (χ4v) is 4.07. The molecule has 2 aliphatic rings. The van der Waals surface area contributed by atoms with E-state index in [0.29, 0.717) is 5.92 Å². The lowest BCUT2D eigenvalue weighted by atomic mass is 9.94. The Labute approximate surface area is 149 Å². The van der Waals surface area contributed by atoms with Gasteiger partial charge in [0.1, 0.15) is 11.6 Å². The number of aromatic nitrogens is 4. The molecule has 1 aliphatic heterocycles. The molecule has 4 rings (SSSR count). The predicted octanol–water partition coefficient (Wildman–Crippen LogP) is 2.51. The molecule has 3 N–H and O–H groups in total. The van der Waals surface area contributed by atoms with Gasteiger partial charge in [0.05, 0.1) is 5.69 Å². The summed E-state index contributed by atoms with van der Waals surface area (Å²) in [4.78, 5) is 9.25. The summed E-state index contributed by atoms with van der Waals surface area (Å²) in [7, 11) is 0. The first-order valence-corrected chi connectivity index (χ1v) is 9.65. The van der Waals surface area contributed by atoms with Crippen molar-refractivity contribution in [2.75, 3.05) is 25.0 Å². The van der Waals surface area contributed by atoms with Crippen molar-refractivity contribution < 1.29 is 0 Å². The standard InChI is InChI=1S/C19H28N6/c1-13-22-18(14-6-9-20-10-7-14)12-19(23-13)21-11-8-17-15-4-2-3-5-16(15)24-25-17/h12,14,20H,2-11H2,1H3,(H,24,25)(H,21,22,23). The molecular weight excluding hydrogens is 312 g/mol. The third-order valence-electron chi connectivity index (χ3n) is 5.43. The molecule has 0 atom stereocenters. The van der Waals surface area contributed by atoms with Crippen molar-refractivity contribution in [3.63, 3.8) is 0 Å². The van der Waals surface area contributed by atoms with Crippen LogP contribution in [0.25, 0.3) is 0 Å². The number of hydrogen-bond donors (Lipinski definition) is 3. The van der Waals surface area contributed by atoms with E-state index in [4.69, 9.17) is 0 Å². The zero-order valence-corrected chi connectivity index (χ0v) is 15.1. The Balaban J connectivity index is 1.39. The van der Waals surface area contributed by atoms with Crippen LogP contribution >= 0.6 is 0 Å². The van der Waals surface area contributed by atoms with Crippen molar-refractivity contribution in [1.29, 1.82) is 0 Å². The molecule has 2 aromatic rings. The Bertz CT molecular complexity index is 717. The van der Waals surface area contributed by atoms with Gasteiger partial charge < -0.3 is 10.6 Å². The minimum Gasteiger partial charge on any atom is -0.370 e. The smallest absolute Gasteiger partial charge is 0.129 e. The van der Waals surface area contributed by atoms with Crippen LogP contribution in [0, 0.1) is 6.92 Å². The van der Waals surface area contributed by atoms with Gasteiger partial charge in [-0.25, -0.2) is 9.97 Å². The lowest BCUT2D eigenvalue weighted by molar-refractivity contribution is 0.452. The molecule has 0 aromatic carbocycles. The van der Waals surface area contributed by atoms with Crippen molar-refractivity contribution in [3.05, 3.63) is 34.5 Å². The maximum atomic E-state index is 4.68. The molecule has 0 amide bonds. The summed E-state index contributed by atoms with van der Waals surface area (Å²) in [6.07, 6.45) is 8.17. The first kappa shape index (κ1) is 16.5. The maximum Gasteiger partial charge on any atom is 0.129 e. The SMILES string of the molecule is Cc1nc(NCCc2n[nH]c3c2CCCC3)cc(C2CCNCC2)n1. The highest BCUT2D eigenvalue weighted by molar-refractivity contribution is 5.38. The van der Waals surface area contributed by atoms with Gasteiger partial charge in [-0.1, -0.05) is 0 Å². The normalized spacial score (nSPS) is 18.1. The Morgan fingerprint density at radius 2 is 2.00 bits per heavy atom. The van der Waals surface area contributed by atoms with Crippen LogP contribution in [0.3, 0.4) is 0 Å². The molecule has 1 saturated heterocycles. The highest BCUT2D eigenvalue weighted by Crippen LogP contribution is 2.25. The molecule has 25 heavy (non-hydrogen) atoms. The molecule has 6 heteroatoms. The van der Waals surface area contributed by atoms with Crippen LogP contribution < -0.4 is 10.6 Å². The Morgan fingerprint density at radius 3 is 2.88 bits per heavy atom. The third kappa shape index (κ3) is 3.84. The second-order valence-corrected chi connectivity index (χ2v) is 7.26. The summed E-state index contributed by atoms with van der Waals surface area (Å²) in [6, 6.07) is 2.14. The summed E-state index contributed by atoms with van der Waals surface area (Å²) in [5.41, 5.74) is 5.23. The number of aromatic amines is 1. The number of hydrogen-bond acceptors (Lipinski definition) is 5. The summed E-state index contributed by atoms with van der Waals surface area (Å²) in [5, 5.41) is 14.7. The van der Waals surface area contributed by atoms with Gasteiger partial charge in [-0.2, -0.15) is 5.10 Å². The first-order chi connectivity index (χ1) is 12.3. The fourth-order valence-electron chi connectivity index (χ4n) is 4.07. The van der Waals surface area contributed by atoms with E-state index >= 15 is 0 Å². The molecule has 0 unspecified atom stereocenters. The van der Waals surface area contributed by atoms with E-state index in [0.717, 1.165) is 57.0 Å². The molecule has 0 saturated carbocycles. The molecule has 2 aromatic heterocycles. The van der Waals surface area contributed by atoms with E-state index in [1.807, 2.05) is 6.92 Å². The Hall–Kier alpha value is -1.95. The topological polar surface area (TPSA) is 78.5 Å². The van der Waals surface area contributed by atoms with E-state index < -0.39 is 0 Å². The van der Waals surface area contributed by atoms with Crippen LogP contribution in [0.4, 0.5) is 5.82 Å². The monoisotopic (exact) mass is 340 g/mol. The van der Waals surface area contributed by atoms with Gasteiger partial charge in [0.25, 0.3) is 0 Å². The van der Waals surface area contributed by atoms with Crippen molar-refractivity contribution in [3.8, 4) is 0 Å². The van der Waals surface area contributed by atoms with Gasteiger partial charge in [0.2, 0.25) is 0 Å². The molecule has 3 heterocycles. The fraction of sp³-hybridized carbons (Fsp3) is 0.632. The second-order valence-electron chi connectivity index (χ2n) is 7.26. The van der Waals surface area contributed by atoms with Crippen LogP contribution in [-0.2, 0) is 19.3 Å². The third-order valence-corrected chi connectivity index (χ3v) is 5.43.